The van der Waals surface area contributed by atoms with Crippen molar-refractivity contribution in [2.24, 2.45) is 10.7 Å². The minimum Gasteiger partial charge on any atom is -0.496 e. The number of hydrogen-bond donors (Lipinski definition) is 2. The summed E-state index contributed by atoms with van der Waals surface area (Å²) in [6.45, 7) is 3.79. The standard InChI is InChI=1S/C16H27N3O.HI/c1-3-4-5-8-12-18-16(17)19-13-11-14-9-6-7-10-15(14)20-2;/h6-7,9-10H,3-5,8,11-13H2,1-2H3,(H3,17,18,19);1H. The third kappa shape index (κ3) is 8.80. The number of hydrogen-bond acceptors (Lipinski definition) is 2. The third-order valence-corrected chi connectivity index (χ3v) is 3.19. The monoisotopic (exact) mass is 405 g/mol. The maximum atomic E-state index is 5.83. The van der Waals surface area contributed by atoms with Crippen molar-refractivity contribution in [2.75, 3.05) is 20.2 Å². The predicted octanol–water partition coefficient (Wildman–Crippen LogP) is 3.34. The molecular weight excluding hydrogens is 377 g/mol. The molecule has 0 aliphatic heterocycles. The zero-order chi connectivity index (χ0) is 14.6. The quantitative estimate of drug-likeness (QED) is 0.287. The van der Waals surface area contributed by atoms with Crippen LogP contribution in [0.5, 0.6) is 5.75 Å². The summed E-state index contributed by atoms with van der Waals surface area (Å²) in [6.07, 6.45) is 5.74. The Morgan fingerprint density at radius 3 is 2.71 bits per heavy atom. The zero-order valence-electron chi connectivity index (χ0n) is 13.1. The molecule has 1 aromatic rings. The zero-order valence-corrected chi connectivity index (χ0v) is 15.4. The van der Waals surface area contributed by atoms with Gasteiger partial charge in [0, 0.05) is 13.1 Å². The minimum absolute atomic E-state index is 0. The summed E-state index contributed by atoms with van der Waals surface area (Å²) in [5.74, 6) is 1.46. The smallest absolute Gasteiger partial charge is 0.188 e. The molecule has 0 fully saturated rings. The van der Waals surface area contributed by atoms with E-state index >= 15 is 0 Å². The molecule has 0 saturated carbocycles. The van der Waals surface area contributed by atoms with Crippen LogP contribution in [0.1, 0.15) is 38.2 Å². The van der Waals surface area contributed by atoms with Crippen molar-refractivity contribution in [1.82, 2.24) is 5.32 Å². The minimum atomic E-state index is 0. The highest BCUT2D eigenvalue weighted by atomic mass is 127. The van der Waals surface area contributed by atoms with E-state index < -0.39 is 0 Å². The number of nitrogens with one attached hydrogen (secondary N) is 1. The predicted molar refractivity (Wildman–Crippen MR) is 101 cm³/mol. The van der Waals surface area contributed by atoms with Gasteiger partial charge in [-0.25, -0.2) is 0 Å². The van der Waals surface area contributed by atoms with Gasteiger partial charge >= 0.3 is 0 Å². The number of unbranched alkanes of at least 4 members (excludes halogenated alkanes) is 3. The number of methoxy groups -OCH3 is 1. The van der Waals surface area contributed by atoms with Crippen molar-refractivity contribution in [3.8, 4) is 5.75 Å². The molecule has 4 nitrogen and oxygen atoms in total. The second-order valence-corrected chi connectivity index (χ2v) is 4.82. The second kappa shape index (κ2) is 12.7. The Balaban J connectivity index is 0.00000400. The fraction of sp³-hybridized carbons (Fsp3) is 0.562. The van der Waals surface area contributed by atoms with Gasteiger partial charge in [0.05, 0.1) is 7.11 Å². The van der Waals surface area contributed by atoms with E-state index in [4.69, 9.17) is 10.5 Å². The first kappa shape index (κ1) is 20.0. The largest absolute Gasteiger partial charge is 0.496 e. The van der Waals surface area contributed by atoms with Crippen molar-refractivity contribution >= 4 is 29.9 Å². The van der Waals surface area contributed by atoms with Gasteiger partial charge in [-0.05, 0) is 24.5 Å². The van der Waals surface area contributed by atoms with Gasteiger partial charge in [-0.1, -0.05) is 44.4 Å². The van der Waals surface area contributed by atoms with E-state index in [9.17, 15) is 0 Å². The lowest BCUT2D eigenvalue weighted by atomic mass is 10.1. The van der Waals surface area contributed by atoms with E-state index in [1.54, 1.807) is 7.11 Å². The number of nitrogens with zero attached hydrogens (tertiary/aromatic N) is 1. The van der Waals surface area contributed by atoms with E-state index in [0.29, 0.717) is 5.96 Å². The highest BCUT2D eigenvalue weighted by Crippen LogP contribution is 2.17. The second-order valence-electron chi connectivity index (χ2n) is 4.82. The summed E-state index contributed by atoms with van der Waals surface area (Å²) in [5.41, 5.74) is 7.01. The summed E-state index contributed by atoms with van der Waals surface area (Å²) < 4.78 is 5.32. The summed E-state index contributed by atoms with van der Waals surface area (Å²) in [4.78, 5) is 4.32. The average Bonchev–Trinajstić information content (AvgIpc) is 2.47. The number of rotatable bonds is 9. The lowest BCUT2D eigenvalue weighted by molar-refractivity contribution is 0.409. The molecule has 0 radical (unpaired) electrons. The van der Waals surface area contributed by atoms with Crippen molar-refractivity contribution in [3.05, 3.63) is 29.8 Å². The number of ether oxygens (including phenoxy) is 1. The van der Waals surface area contributed by atoms with Gasteiger partial charge < -0.3 is 15.8 Å². The molecule has 0 atom stereocenters. The molecule has 0 heterocycles. The van der Waals surface area contributed by atoms with Gasteiger partial charge in [0.2, 0.25) is 0 Å². The van der Waals surface area contributed by atoms with Crippen LogP contribution in [0.4, 0.5) is 0 Å². The molecule has 0 unspecified atom stereocenters. The van der Waals surface area contributed by atoms with Crippen molar-refractivity contribution < 1.29 is 4.74 Å². The Kier molecular flexibility index (Phi) is 12.1. The maximum Gasteiger partial charge on any atom is 0.188 e. The molecule has 0 aliphatic carbocycles. The molecule has 3 N–H and O–H groups in total. The van der Waals surface area contributed by atoms with Crippen LogP contribution in [0, 0.1) is 0 Å². The Labute approximate surface area is 145 Å². The number of aliphatic imine (C=N–C) groups is 1. The fourth-order valence-electron chi connectivity index (χ4n) is 2.03. The van der Waals surface area contributed by atoms with E-state index in [1.807, 2.05) is 18.2 Å². The van der Waals surface area contributed by atoms with Crippen LogP contribution in [0.2, 0.25) is 0 Å². The lowest BCUT2D eigenvalue weighted by Crippen LogP contribution is -2.33. The molecule has 0 aromatic heterocycles. The summed E-state index contributed by atoms with van der Waals surface area (Å²) in [7, 11) is 1.69. The Bertz CT molecular complexity index is 410. The number of halogens is 1. The van der Waals surface area contributed by atoms with Gasteiger partial charge in [0.25, 0.3) is 0 Å². The van der Waals surface area contributed by atoms with Crippen LogP contribution >= 0.6 is 24.0 Å². The number of para-hydroxylation sites is 1. The van der Waals surface area contributed by atoms with Gasteiger partial charge in [-0.2, -0.15) is 0 Å². The average molecular weight is 405 g/mol. The normalized spacial score (nSPS) is 10.9. The van der Waals surface area contributed by atoms with Crippen LogP contribution in [-0.4, -0.2) is 26.2 Å². The summed E-state index contributed by atoms with van der Waals surface area (Å²) in [5, 5.41) is 3.15. The molecule has 0 spiro atoms. The maximum absolute atomic E-state index is 5.83. The molecule has 0 aliphatic rings. The number of benzene rings is 1. The Morgan fingerprint density at radius 2 is 2.00 bits per heavy atom. The van der Waals surface area contributed by atoms with Crippen LogP contribution in [0.3, 0.4) is 0 Å². The topological polar surface area (TPSA) is 59.6 Å². The van der Waals surface area contributed by atoms with Gasteiger partial charge in [0.15, 0.2) is 5.96 Å². The highest BCUT2D eigenvalue weighted by molar-refractivity contribution is 14.0. The fourth-order valence-corrected chi connectivity index (χ4v) is 2.03. The molecule has 0 saturated heterocycles. The van der Waals surface area contributed by atoms with Crippen molar-refractivity contribution in [3.63, 3.8) is 0 Å². The van der Waals surface area contributed by atoms with Crippen LogP contribution in [-0.2, 0) is 6.42 Å². The van der Waals surface area contributed by atoms with Crippen LogP contribution < -0.4 is 15.8 Å². The van der Waals surface area contributed by atoms with E-state index in [-0.39, 0.29) is 24.0 Å². The molecule has 1 aromatic carbocycles. The van der Waals surface area contributed by atoms with Crippen molar-refractivity contribution in [1.29, 1.82) is 0 Å². The van der Waals surface area contributed by atoms with Gasteiger partial charge in [-0.3, -0.25) is 4.99 Å². The van der Waals surface area contributed by atoms with Crippen LogP contribution in [0.15, 0.2) is 29.3 Å². The molecule has 1 rings (SSSR count). The SMILES string of the molecule is CCCCCCN=C(N)NCCc1ccccc1OC.I. The Morgan fingerprint density at radius 1 is 1.24 bits per heavy atom. The molecule has 0 bridgehead atoms. The molecular formula is C16H28IN3O. The van der Waals surface area contributed by atoms with E-state index in [2.05, 4.69) is 23.3 Å². The first-order chi connectivity index (χ1) is 9.77. The molecule has 120 valence electrons. The third-order valence-electron chi connectivity index (χ3n) is 3.19. The first-order valence-electron chi connectivity index (χ1n) is 7.43. The number of guanidine groups is 1. The Hall–Kier alpha value is -0.980. The van der Waals surface area contributed by atoms with Gasteiger partial charge in [-0.15, -0.1) is 24.0 Å². The molecule has 21 heavy (non-hydrogen) atoms. The van der Waals surface area contributed by atoms with Crippen LogP contribution in [0.25, 0.3) is 0 Å². The lowest BCUT2D eigenvalue weighted by Gasteiger charge is -2.09. The first-order valence-corrected chi connectivity index (χ1v) is 7.43. The summed E-state index contributed by atoms with van der Waals surface area (Å²) >= 11 is 0. The highest BCUT2D eigenvalue weighted by Gasteiger charge is 2.01. The van der Waals surface area contributed by atoms with E-state index in [1.165, 1.54) is 24.8 Å². The molecule has 5 heteroatoms. The summed E-state index contributed by atoms with van der Waals surface area (Å²) in [6, 6.07) is 8.03. The van der Waals surface area contributed by atoms with E-state index in [0.717, 1.165) is 31.7 Å². The van der Waals surface area contributed by atoms with Gasteiger partial charge in [0.1, 0.15) is 5.75 Å². The molecule has 0 amide bonds. The van der Waals surface area contributed by atoms with Crippen molar-refractivity contribution in [2.45, 2.75) is 39.0 Å². The number of nitrogens with two attached hydrogens (primary N) is 1.